The van der Waals surface area contributed by atoms with Crippen LogP contribution in [0.25, 0.3) is 21.9 Å². The Morgan fingerprint density at radius 1 is 1.17 bits per heavy atom. The van der Waals surface area contributed by atoms with Crippen molar-refractivity contribution in [1.82, 2.24) is 5.32 Å². The van der Waals surface area contributed by atoms with Crippen LogP contribution >= 0.6 is 0 Å². The number of benzene rings is 1. The fraction of sp³-hybridized carbons (Fsp3) is 0.500. The first-order valence-electron chi connectivity index (χ1n) is 10.5. The van der Waals surface area contributed by atoms with Crippen LogP contribution in [0.1, 0.15) is 55.9 Å². The van der Waals surface area contributed by atoms with Gasteiger partial charge in [-0.05, 0) is 43.7 Å². The number of furan rings is 1. The van der Waals surface area contributed by atoms with E-state index >= 15 is 0 Å². The minimum absolute atomic E-state index is 0.00851. The smallest absolute Gasteiger partial charge is 0.340 e. The van der Waals surface area contributed by atoms with E-state index in [1.165, 1.54) is 0 Å². The second kappa shape index (κ2) is 7.58. The third-order valence-electron chi connectivity index (χ3n) is 6.04. The van der Waals surface area contributed by atoms with E-state index < -0.39 is 5.63 Å². The zero-order valence-electron chi connectivity index (χ0n) is 18.3. The van der Waals surface area contributed by atoms with Crippen LogP contribution in [0, 0.1) is 13.8 Å². The number of hydrogen-bond donors (Lipinski definition) is 1. The first-order chi connectivity index (χ1) is 14.2. The first kappa shape index (κ1) is 20.7. The summed E-state index contributed by atoms with van der Waals surface area (Å²) < 4.78 is 17.0. The largest absolute Gasteiger partial charge is 0.464 e. The van der Waals surface area contributed by atoms with E-state index in [1.807, 2.05) is 19.9 Å². The average molecular weight is 411 g/mol. The van der Waals surface area contributed by atoms with Crippen molar-refractivity contribution in [1.29, 1.82) is 0 Å². The van der Waals surface area contributed by atoms with Crippen molar-refractivity contribution < 1.29 is 18.4 Å². The number of hydrogen-bond acceptors (Lipinski definition) is 5. The number of fused-ring (bicyclic) bond motifs is 2. The molecule has 4 rings (SSSR count). The highest BCUT2D eigenvalue weighted by Crippen LogP contribution is 2.37. The van der Waals surface area contributed by atoms with Crippen LogP contribution in [0.3, 0.4) is 0 Å². The van der Waals surface area contributed by atoms with Crippen LogP contribution in [-0.4, -0.2) is 25.2 Å². The third-order valence-corrected chi connectivity index (χ3v) is 6.04. The fourth-order valence-corrected chi connectivity index (χ4v) is 4.24. The van der Waals surface area contributed by atoms with Crippen molar-refractivity contribution in [2.24, 2.45) is 0 Å². The molecular weight excluding hydrogens is 382 g/mol. The molecule has 1 saturated heterocycles. The summed E-state index contributed by atoms with van der Waals surface area (Å²) in [6.07, 6.45) is 3.81. The molecule has 1 N–H and O–H groups in total. The molecular formula is C24H29NO5. The third kappa shape index (κ3) is 3.65. The van der Waals surface area contributed by atoms with Crippen LogP contribution in [0.4, 0.5) is 0 Å². The summed E-state index contributed by atoms with van der Waals surface area (Å²) in [7, 11) is 0. The monoisotopic (exact) mass is 411 g/mol. The SMILES string of the molecule is Cc1c(CC(=O)NC[C@@H]2CCCO2)c(=O)oc2c(C)c3occ(C(C)(C)C)c3cc12. The molecule has 1 atom stereocenters. The van der Waals surface area contributed by atoms with Crippen molar-refractivity contribution in [2.75, 3.05) is 13.2 Å². The maximum Gasteiger partial charge on any atom is 0.340 e. The second-order valence-corrected chi connectivity index (χ2v) is 9.26. The van der Waals surface area contributed by atoms with E-state index in [9.17, 15) is 9.59 Å². The minimum atomic E-state index is -0.475. The quantitative estimate of drug-likeness (QED) is 0.648. The van der Waals surface area contributed by atoms with Gasteiger partial charge in [0.05, 0.1) is 24.4 Å². The summed E-state index contributed by atoms with van der Waals surface area (Å²) in [4.78, 5) is 25.2. The molecule has 1 amide bonds. The summed E-state index contributed by atoms with van der Waals surface area (Å²) in [5.41, 5.74) is 3.76. The molecule has 0 saturated carbocycles. The van der Waals surface area contributed by atoms with Crippen molar-refractivity contribution in [3.05, 3.63) is 45.0 Å². The molecule has 6 nitrogen and oxygen atoms in total. The van der Waals surface area contributed by atoms with Gasteiger partial charge in [0.25, 0.3) is 0 Å². The number of rotatable bonds is 4. The van der Waals surface area contributed by atoms with Gasteiger partial charge in [-0.2, -0.15) is 0 Å². The average Bonchev–Trinajstić information content (AvgIpc) is 3.34. The highest BCUT2D eigenvalue weighted by atomic mass is 16.5. The summed E-state index contributed by atoms with van der Waals surface area (Å²) in [6, 6.07) is 2.02. The van der Waals surface area contributed by atoms with Gasteiger partial charge in [-0.1, -0.05) is 20.8 Å². The molecule has 0 unspecified atom stereocenters. The Hall–Kier alpha value is -2.60. The standard InChI is InChI=1S/C24H29NO5/c1-13-16-9-18-19(24(3,4)5)12-29-21(18)14(2)22(16)30-23(27)17(13)10-20(26)25-11-15-7-6-8-28-15/h9,12,15H,6-8,10-11H2,1-5H3,(H,25,26)/t15-/m0/s1. The van der Waals surface area contributed by atoms with E-state index in [0.29, 0.717) is 17.7 Å². The van der Waals surface area contributed by atoms with Gasteiger partial charge in [-0.25, -0.2) is 4.79 Å². The lowest BCUT2D eigenvalue weighted by Crippen LogP contribution is -2.34. The number of nitrogens with one attached hydrogen (secondary N) is 1. The molecule has 3 heterocycles. The first-order valence-corrected chi connectivity index (χ1v) is 10.5. The molecule has 160 valence electrons. The predicted octanol–water partition coefficient (Wildman–Crippen LogP) is 4.29. The van der Waals surface area contributed by atoms with E-state index in [-0.39, 0.29) is 23.8 Å². The van der Waals surface area contributed by atoms with E-state index in [2.05, 4.69) is 26.1 Å². The van der Waals surface area contributed by atoms with Gasteiger partial charge in [0.1, 0.15) is 11.2 Å². The molecule has 3 aromatic rings. The van der Waals surface area contributed by atoms with Crippen LogP contribution in [0.2, 0.25) is 0 Å². The Balaban J connectivity index is 1.73. The summed E-state index contributed by atoms with van der Waals surface area (Å²) in [6.45, 7) is 11.4. The minimum Gasteiger partial charge on any atom is -0.464 e. The lowest BCUT2D eigenvalue weighted by molar-refractivity contribution is -0.121. The Labute approximate surface area is 175 Å². The Morgan fingerprint density at radius 2 is 1.93 bits per heavy atom. The predicted molar refractivity (Wildman–Crippen MR) is 116 cm³/mol. The highest BCUT2D eigenvalue weighted by Gasteiger charge is 2.24. The second-order valence-electron chi connectivity index (χ2n) is 9.26. The van der Waals surface area contributed by atoms with E-state index in [1.54, 1.807) is 6.26 Å². The Morgan fingerprint density at radius 3 is 2.60 bits per heavy atom. The lowest BCUT2D eigenvalue weighted by Gasteiger charge is -2.17. The molecule has 1 aliphatic heterocycles. The van der Waals surface area contributed by atoms with Gasteiger partial charge in [0.2, 0.25) is 5.91 Å². The molecule has 1 aliphatic rings. The van der Waals surface area contributed by atoms with E-state index in [0.717, 1.165) is 52.5 Å². The normalized spacial score (nSPS) is 17.2. The van der Waals surface area contributed by atoms with E-state index in [4.69, 9.17) is 13.6 Å². The molecule has 1 fully saturated rings. The number of amides is 1. The number of carbonyl (C=O) groups is 1. The molecule has 2 aromatic heterocycles. The Kier molecular flexibility index (Phi) is 5.22. The van der Waals surface area contributed by atoms with Gasteiger partial charge in [0, 0.05) is 35.1 Å². The van der Waals surface area contributed by atoms with Crippen molar-refractivity contribution in [3.8, 4) is 0 Å². The van der Waals surface area contributed by atoms with Gasteiger partial charge in [-0.15, -0.1) is 0 Å². The molecule has 0 spiro atoms. The molecule has 6 heteroatoms. The molecule has 1 aromatic carbocycles. The van der Waals surface area contributed by atoms with Crippen LogP contribution in [-0.2, 0) is 21.4 Å². The molecule has 30 heavy (non-hydrogen) atoms. The van der Waals surface area contributed by atoms with Crippen LogP contribution < -0.4 is 10.9 Å². The summed E-state index contributed by atoms with van der Waals surface area (Å²) in [5, 5.41) is 4.74. The number of aryl methyl sites for hydroxylation is 2. The lowest BCUT2D eigenvalue weighted by atomic mass is 9.86. The maximum absolute atomic E-state index is 12.7. The fourth-order valence-electron chi connectivity index (χ4n) is 4.24. The van der Waals surface area contributed by atoms with Gasteiger partial charge in [-0.3, -0.25) is 4.79 Å². The van der Waals surface area contributed by atoms with Crippen molar-refractivity contribution in [2.45, 2.75) is 65.4 Å². The number of carbonyl (C=O) groups excluding carboxylic acids is 1. The van der Waals surface area contributed by atoms with Gasteiger partial charge in [0.15, 0.2) is 0 Å². The topological polar surface area (TPSA) is 81.7 Å². The maximum atomic E-state index is 12.7. The van der Waals surface area contributed by atoms with Crippen LogP contribution in [0.5, 0.6) is 0 Å². The zero-order chi connectivity index (χ0) is 21.6. The molecule has 0 aliphatic carbocycles. The Bertz CT molecular complexity index is 1170. The molecule has 0 radical (unpaired) electrons. The summed E-state index contributed by atoms with van der Waals surface area (Å²) >= 11 is 0. The molecule has 0 bridgehead atoms. The van der Waals surface area contributed by atoms with Crippen LogP contribution in [0.15, 0.2) is 26.0 Å². The highest BCUT2D eigenvalue weighted by molar-refractivity contribution is 6.00. The number of ether oxygens (including phenoxy) is 1. The summed E-state index contributed by atoms with van der Waals surface area (Å²) in [5.74, 6) is -0.197. The zero-order valence-corrected chi connectivity index (χ0v) is 18.3. The van der Waals surface area contributed by atoms with Crippen molar-refractivity contribution >= 4 is 27.8 Å². The van der Waals surface area contributed by atoms with Gasteiger partial charge < -0.3 is 18.9 Å². The van der Waals surface area contributed by atoms with Gasteiger partial charge >= 0.3 is 5.63 Å². The van der Waals surface area contributed by atoms with Crippen molar-refractivity contribution in [3.63, 3.8) is 0 Å².